The molecule has 0 bridgehead atoms. The SMILES string of the molecule is Cc1cccc(CSCCNC(C)c2ccco2)c1. The first-order valence-corrected chi connectivity index (χ1v) is 7.81. The van der Waals surface area contributed by atoms with Crippen molar-refractivity contribution in [2.24, 2.45) is 0 Å². The number of hydrogen-bond acceptors (Lipinski definition) is 3. The van der Waals surface area contributed by atoms with Crippen molar-refractivity contribution in [3.05, 3.63) is 59.5 Å². The molecular formula is C16H21NOS. The number of rotatable bonds is 7. The molecule has 3 heteroatoms. The van der Waals surface area contributed by atoms with Gasteiger partial charge < -0.3 is 9.73 Å². The molecule has 0 aliphatic heterocycles. The van der Waals surface area contributed by atoms with E-state index in [9.17, 15) is 0 Å². The van der Waals surface area contributed by atoms with E-state index in [-0.39, 0.29) is 6.04 Å². The van der Waals surface area contributed by atoms with Crippen LogP contribution in [0.2, 0.25) is 0 Å². The Morgan fingerprint density at radius 1 is 1.26 bits per heavy atom. The maximum Gasteiger partial charge on any atom is 0.120 e. The summed E-state index contributed by atoms with van der Waals surface area (Å²) in [5, 5.41) is 3.47. The van der Waals surface area contributed by atoms with Gasteiger partial charge in [-0.05, 0) is 31.5 Å². The summed E-state index contributed by atoms with van der Waals surface area (Å²) in [5.74, 6) is 3.20. The van der Waals surface area contributed by atoms with E-state index < -0.39 is 0 Å². The normalized spacial score (nSPS) is 12.5. The molecular weight excluding hydrogens is 254 g/mol. The molecule has 0 spiro atoms. The summed E-state index contributed by atoms with van der Waals surface area (Å²) in [6.07, 6.45) is 1.72. The maximum absolute atomic E-state index is 5.37. The third-order valence-corrected chi connectivity index (χ3v) is 4.05. The summed E-state index contributed by atoms with van der Waals surface area (Å²) in [4.78, 5) is 0. The molecule has 19 heavy (non-hydrogen) atoms. The number of thioether (sulfide) groups is 1. The van der Waals surface area contributed by atoms with Gasteiger partial charge in [-0.3, -0.25) is 0 Å². The van der Waals surface area contributed by atoms with E-state index in [0.29, 0.717) is 0 Å². The summed E-state index contributed by atoms with van der Waals surface area (Å²) in [6.45, 7) is 5.27. The topological polar surface area (TPSA) is 25.2 Å². The van der Waals surface area contributed by atoms with Crippen molar-refractivity contribution in [1.29, 1.82) is 0 Å². The van der Waals surface area contributed by atoms with E-state index >= 15 is 0 Å². The Labute approximate surface area is 119 Å². The lowest BCUT2D eigenvalue weighted by atomic mass is 10.2. The molecule has 2 nitrogen and oxygen atoms in total. The van der Waals surface area contributed by atoms with Crippen LogP contribution in [0.4, 0.5) is 0 Å². The van der Waals surface area contributed by atoms with Gasteiger partial charge in [0.05, 0.1) is 12.3 Å². The lowest BCUT2D eigenvalue weighted by Gasteiger charge is -2.10. The first-order chi connectivity index (χ1) is 9.25. The summed E-state index contributed by atoms with van der Waals surface area (Å²) >= 11 is 1.96. The Morgan fingerprint density at radius 3 is 2.89 bits per heavy atom. The second-order valence-electron chi connectivity index (χ2n) is 4.73. The van der Waals surface area contributed by atoms with Crippen molar-refractivity contribution >= 4 is 11.8 Å². The van der Waals surface area contributed by atoms with Crippen LogP contribution in [0.1, 0.15) is 29.9 Å². The molecule has 0 fully saturated rings. The Balaban J connectivity index is 1.62. The van der Waals surface area contributed by atoms with Gasteiger partial charge in [0.15, 0.2) is 0 Å². The lowest BCUT2D eigenvalue weighted by molar-refractivity contribution is 0.438. The molecule has 2 aromatic rings. The van der Waals surface area contributed by atoms with Crippen LogP contribution in [0.5, 0.6) is 0 Å². The summed E-state index contributed by atoms with van der Waals surface area (Å²) in [7, 11) is 0. The van der Waals surface area contributed by atoms with E-state index in [1.807, 2.05) is 23.9 Å². The quantitative estimate of drug-likeness (QED) is 0.768. The fraction of sp³-hybridized carbons (Fsp3) is 0.375. The average Bonchev–Trinajstić information content (AvgIpc) is 2.92. The van der Waals surface area contributed by atoms with Crippen LogP contribution in [0.15, 0.2) is 47.1 Å². The van der Waals surface area contributed by atoms with Gasteiger partial charge in [-0.15, -0.1) is 0 Å². The zero-order chi connectivity index (χ0) is 13.5. The highest BCUT2D eigenvalue weighted by Crippen LogP contribution is 2.14. The predicted molar refractivity (Wildman–Crippen MR) is 82.5 cm³/mol. The third kappa shape index (κ3) is 4.77. The summed E-state index contributed by atoms with van der Waals surface area (Å²) in [5.41, 5.74) is 2.74. The highest BCUT2D eigenvalue weighted by Gasteiger charge is 2.06. The first-order valence-electron chi connectivity index (χ1n) is 6.66. The fourth-order valence-corrected chi connectivity index (χ4v) is 2.80. The van der Waals surface area contributed by atoms with Gasteiger partial charge in [-0.25, -0.2) is 0 Å². The third-order valence-electron chi connectivity index (χ3n) is 3.02. The molecule has 0 saturated carbocycles. The zero-order valence-corrected chi connectivity index (χ0v) is 12.4. The number of hydrogen-bond donors (Lipinski definition) is 1. The van der Waals surface area contributed by atoms with Crippen LogP contribution < -0.4 is 5.32 Å². The maximum atomic E-state index is 5.37. The number of nitrogens with one attached hydrogen (secondary N) is 1. The van der Waals surface area contributed by atoms with E-state index in [4.69, 9.17) is 4.42 Å². The van der Waals surface area contributed by atoms with Gasteiger partial charge in [0.2, 0.25) is 0 Å². The van der Waals surface area contributed by atoms with Crippen LogP contribution in [-0.2, 0) is 5.75 Å². The van der Waals surface area contributed by atoms with Crippen LogP contribution >= 0.6 is 11.8 Å². The average molecular weight is 275 g/mol. The van der Waals surface area contributed by atoms with Gasteiger partial charge in [0, 0.05) is 18.1 Å². The minimum absolute atomic E-state index is 0.287. The highest BCUT2D eigenvalue weighted by atomic mass is 32.2. The van der Waals surface area contributed by atoms with E-state index in [1.165, 1.54) is 11.1 Å². The lowest BCUT2D eigenvalue weighted by Crippen LogP contribution is -2.20. The van der Waals surface area contributed by atoms with Crippen LogP contribution in [0.25, 0.3) is 0 Å². The number of furan rings is 1. The number of benzene rings is 1. The van der Waals surface area contributed by atoms with Crippen molar-refractivity contribution in [3.8, 4) is 0 Å². The molecule has 1 atom stereocenters. The molecule has 0 amide bonds. The van der Waals surface area contributed by atoms with Crippen molar-refractivity contribution in [2.45, 2.75) is 25.6 Å². The minimum Gasteiger partial charge on any atom is -0.468 e. The second-order valence-corrected chi connectivity index (χ2v) is 5.84. The Hall–Kier alpha value is -1.19. The van der Waals surface area contributed by atoms with Crippen molar-refractivity contribution in [2.75, 3.05) is 12.3 Å². The van der Waals surface area contributed by atoms with Crippen LogP contribution in [0, 0.1) is 6.92 Å². The van der Waals surface area contributed by atoms with Gasteiger partial charge in [-0.1, -0.05) is 29.8 Å². The van der Waals surface area contributed by atoms with E-state index in [1.54, 1.807) is 6.26 Å². The summed E-state index contributed by atoms with van der Waals surface area (Å²) in [6, 6.07) is 12.9. The van der Waals surface area contributed by atoms with Crippen molar-refractivity contribution in [3.63, 3.8) is 0 Å². The van der Waals surface area contributed by atoms with Gasteiger partial charge in [0.1, 0.15) is 5.76 Å². The standard InChI is InChI=1S/C16H21NOS/c1-13-5-3-6-15(11-13)12-19-10-8-17-14(2)16-7-4-9-18-16/h3-7,9,11,14,17H,8,10,12H2,1-2H3. The van der Waals surface area contributed by atoms with Gasteiger partial charge >= 0.3 is 0 Å². The minimum atomic E-state index is 0.287. The Kier molecular flexibility index (Phi) is 5.55. The number of aryl methyl sites for hydroxylation is 1. The molecule has 0 radical (unpaired) electrons. The Bertz CT molecular complexity index is 481. The van der Waals surface area contributed by atoms with Gasteiger partial charge in [-0.2, -0.15) is 11.8 Å². The first kappa shape index (κ1) is 14.2. The van der Waals surface area contributed by atoms with E-state index in [2.05, 4.69) is 43.4 Å². The molecule has 0 aliphatic rings. The molecule has 1 N–H and O–H groups in total. The van der Waals surface area contributed by atoms with Crippen molar-refractivity contribution < 1.29 is 4.42 Å². The van der Waals surface area contributed by atoms with Gasteiger partial charge in [0.25, 0.3) is 0 Å². The molecule has 2 rings (SSSR count). The second kappa shape index (κ2) is 7.41. The molecule has 1 aromatic carbocycles. The monoisotopic (exact) mass is 275 g/mol. The Morgan fingerprint density at radius 2 is 2.16 bits per heavy atom. The smallest absolute Gasteiger partial charge is 0.120 e. The zero-order valence-electron chi connectivity index (χ0n) is 11.6. The molecule has 0 saturated heterocycles. The highest BCUT2D eigenvalue weighted by molar-refractivity contribution is 7.98. The molecule has 1 aromatic heterocycles. The largest absolute Gasteiger partial charge is 0.468 e. The fourth-order valence-electron chi connectivity index (χ4n) is 1.98. The van der Waals surface area contributed by atoms with Crippen LogP contribution in [0.3, 0.4) is 0 Å². The molecule has 0 aliphatic carbocycles. The predicted octanol–water partition coefficient (Wildman–Crippen LogP) is 4.17. The molecule has 102 valence electrons. The van der Waals surface area contributed by atoms with Crippen LogP contribution in [-0.4, -0.2) is 12.3 Å². The molecule has 1 unspecified atom stereocenters. The molecule has 1 heterocycles. The summed E-state index contributed by atoms with van der Waals surface area (Å²) < 4.78 is 5.37. The van der Waals surface area contributed by atoms with E-state index in [0.717, 1.165) is 23.8 Å². The van der Waals surface area contributed by atoms with Crippen molar-refractivity contribution in [1.82, 2.24) is 5.32 Å².